The quantitative estimate of drug-likeness (QED) is 0.662. The third-order valence-electron chi connectivity index (χ3n) is 3.24. The van der Waals surface area contributed by atoms with Crippen LogP contribution in [0.5, 0.6) is 0 Å². The summed E-state index contributed by atoms with van der Waals surface area (Å²) in [5.74, 6) is 0.183. The van der Waals surface area contributed by atoms with Crippen LogP contribution in [0.4, 0.5) is 18.9 Å². The Labute approximate surface area is 118 Å². The molecule has 108 valence electrons. The van der Waals surface area contributed by atoms with Crippen molar-refractivity contribution in [1.82, 2.24) is 9.97 Å². The number of imidazole rings is 1. The first kappa shape index (κ1) is 13.5. The number of halogens is 3. The maximum absolute atomic E-state index is 13.2. The maximum atomic E-state index is 13.2. The lowest BCUT2D eigenvalue weighted by Crippen LogP contribution is -2.08. The molecule has 6 heteroatoms. The number of nitrogens with two attached hydrogens (primary N) is 1. The van der Waals surface area contributed by atoms with E-state index in [1.54, 1.807) is 31.2 Å². The molecule has 0 aliphatic rings. The van der Waals surface area contributed by atoms with E-state index in [1.165, 1.54) is 6.07 Å². The number of nitrogens with zero attached hydrogens (tertiary/aromatic N) is 1. The van der Waals surface area contributed by atoms with E-state index in [1.807, 2.05) is 0 Å². The lowest BCUT2D eigenvalue weighted by atomic mass is 10.0. The van der Waals surface area contributed by atoms with Crippen molar-refractivity contribution in [2.24, 2.45) is 0 Å². The monoisotopic (exact) mass is 291 g/mol. The molecule has 1 aromatic heterocycles. The van der Waals surface area contributed by atoms with Crippen molar-refractivity contribution >= 4 is 16.7 Å². The van der Waals surface area contributed by atoms with Gasteiger partial charge in [0.15, 0.2) is 0 Å². The second kappa shape index (κ2) is 4.51. The summed E-state index contributed by atoms with van der Waals surface area (Å²) < 4.78 is 39.5. The molecule has 0 amide bonds. The molecule has 0 saturated carbocycles. The molecule has 2 aromatic carbocycles. The number of fused-ring (bicyclic) bond motifs is 1. The highest BCUT2D eigenvalue weighted by Crippen LogP contribution is 2.37. The number of aryl methyl sites for hydroxylation is 1. The first-order valence-electron chi connectivity index (χ1n) is 6.28. The van der Waals surface area contributed by atoms with Gasteiger partial charge < -0.3 is 10.7 Å². The SMILES string of the molecule is Cc1ccc(-c2nc3ccc(N)cc3[nH]2)c(C(F)(F)F)c1. The van der Waals surface area contributed by atoms with Crippen molar-refractivity contribution in [2.45, 2.75) is 13.1 Å². The Morgan fingerprint density at radius 2 is 1.86 bits per heavy atom. The van der Waals surface area contributed by atoms with Crippen molar-refractivity contribution in [3.8, 4) is 11.4 Å². The zero-order valence-corrected chi connectivity index (χ0v) is 11.1. The van der Waals surface area contributed by atoms with Gasteiger partial charge in [-0.2, -0.15) is 13.2 Å². The van der Waals surface area contributed by atoms with Gasteiger partial charge in [0.05, 0.1) is 16.6 Å². The second-order valence-electron chi connectivity index (χ2n) is 4.91. The Morgan fingerprint density at radius 3 is 2.57 bits per heavy atom. The number of benzene rings is 2. The Morgan fingerprint density at radius 1 is 1.10 bits per heavy atom. The van der Waals surface area contributed by atoms with Gasteiger partial charge in [0, 0.05) is 11.3 Å². The number of anilines is 1. The normalized spacial score (nSPS) is 12.0. The average Bonchev–Trinajstić information content (AvgIpc) is 2.80. The largest absolute Gasteiger partial charge is 0.417 e. The van der Waals surface area contributed by atoms with E-state index in [9.17, 15) is 13.2 Å². The van der Waals surface area contributed by atoms with E-state index in [0.29, 0.717) is 22.3 Å². The van der Waals surface area contributed by atoms with Crippen LogP contribution in [-0.2, 0) is 6.18 Å². The minimum absolute atomic E-state index is 0.0304. The fraction of sp³-hybridized carbons (Fsp3) is 0.133. The van der Waals surface area contributed by atoms with Crippen molar-refractivity contribution in [3.05, 3.63) is 47.5 Å². The number of H-pyrrole nitrogens is 1. The summed E-state index contributed by atoms with van der Waals surface area (Å²) in [7, 11) is 0. The van der Waals surface area contributed by atoms with E-state index in [-0.39, 0.29) is 11.4 Å². The molecule has 0 aliphatic carbocycles. The summed E-state index contributed by atoms with van der Waals surface area (Å²) in [6, 6.07) is 9.16. The molecule has 3 aromatic rings. The molecule has 0 bridgehead atoms. The van der Waals surface area contributed by atoms with Gasteiger partial charge in [0.2, 0.25) is 0 Å². The summed E-state index contributed by atoms with van der Waals surface area (Å²) in [5.41, 5.74) is 7.25. The fourth-order valence-electron chi connectivity index (χ4n) is 2.25. The molecule has 3 nitrogen and oxygen atoms in total. The van der Waals surface area contributed by atoms with Crippen LogP contribution in [0.3, 0.4) is 0 Å². The number of hydrogen-bond donors (Lipinski definition) is 2. The van der Waals surface area contributed by atoms with Crippen LogP contribution in [0.25, 0.3) is 22.4 Å². The van der Waals surface area contributed by atoms with Crippen LogP contribution >= 0.6 is 0 Å². The molecule has 0 unspecified atom stereocenters. The van der Waals surface area contributed by atoms with E-state index < -0.39 is 11.7 Å². The van der Waals surface area contributed by atoms with Gasteiger partial charge in [-0.3, -0.25) is 0 Å². The zero-order valence-electron chi connectivity index (χ0n) is 11.1. The Balaban J connectivity index is 2.22. The molecule has 0 atom stereocenters. The van der Waals surface area contributed by atoms with E-state index in [2.05, 4.69) is 9.97 Å². The van der Waals surface area contributed by atoms with Crippen LogP contribution in [0.1, 0.15) is 11.1 Å². The highest BCUT2D eigenvalue weighted by Gasteiger charge is 2.34. The summed E-state index contributed by atoms with van der Waals surface area (Å²) in [6.45, 7) is 1.62. The van der Waals surface area contributed by atoms with E-state index in [4.69, 9.17) is 5.73 Å². The lowest BCUT2D eigenvalue weighted by molar-refractivity contribution is -0.137. The molecular weight excluding hydrogens is 279 g/mol. The minimum Gasteiger partial charge on any atom is -0.399 e. The average molecular weight is 291 g/mol. The molecular formula is C15H12F3N3. The molecule has 1 heterocycles. The second-order valence-corrected chi connectivity index (χ2v) is 4.91. The molecule has 0 radical (unpaired) electrons. The molecule has 3 N–H and O–H groups in total. The fourth-order valence-corrected chi connectivity index (χ4v) is 2.25. The van der Waals surface area contributed by atoms with Crippen LogP contribution in [0, 0.1) is 6.92 Å². The minimum atomic E-state index is -4.43. The summed E-state index contributed by atoms with van der Waals surface area (Å²) in [4.78, 5) is 7.11. The van der Waals surface area contributed by atoms with Gasteiger partial charge in [-0.05, 0) is 31.2 Å². The summed E-state index contributed by atoms with van der Waals surface area (Å²) in [5, 5.41) is 0. The summed E-state index contributed by atoms with van der Waals surface area (Å²) in [6.07, 6.45) is -4.43. The van der Waals surface area contributed by atoms with Gasteiger partial charge in [0.1, 0.15) is 5.82 Å². The van der Waals surface area contributed by atoms with Crippen LogP contribution in [0.15, 0.2) is 36.4 Å². The predicted octanol–water partition coefficient (Wildman–Crippen LogP) is 4.14. The predicted molar refractivity (Wildman–Crippen MR) is 75.7 cm³/mol. The first-order chi connectivity index (χ1) is 9.84. The number of aromatic nitrogens is 2. The van der Waals surface area contributed by atoms with Gasteiger partial charge in [-0.25, -0.2) is 4.98 Å². The number of aromatic amines is 1. The number of rotatable bonds is 1. The standard InChI is InChI=1S/C15H12F3N3/c1-8-2-4-10(11(6-8)15(16,17)18)14-20-12-5-3-9(19)7-13(12)21-14/h2-7H,19H2,1H3,(H,20,21). The van der Waals surface area contributed by atoms with Crippen LogP contribution in [-0.4, -0.2) is 9.97 Å². The van der Waals surface area contributed by atoms with Crippen molar-refractivity contribution in [3.63, 3.8) is 0 Å². The van der Waals surface area contributed by atoms with Gasteiger partial charge in [-0.15, -0.1) is 0 Å². The molecule has 0 spiro atoms. The van der Waals surface area contributed by atoms with Crippen molar-refractivity contribution in [2.75, 3.05) is 5.73 Å². The number of nitrogens with one attached hydrogen (secondary N) is 1. The highest BCUT2D eigenvalue weighted by molar-refractivity contribution is 5.82. The summed E-state index contributed by atoms with van der Waals surface area (Å²) >= 11 is 0. The highest BCUT2D eigenvalue weighted by atomic mass is 19.4. The van der Waals surface area contributed by atoms with Gasteiger partial charge in [0.25, 0.3) is 0 Å². The van der Waals surface area contributed by atoms with Crippen molar-refractivity contribution < 1.29 is 13.2 Å². The first-order valence-corrected chi connectivity index (χ1v) is 6.28. The van der Waals surface area contributed by atoms with Gasteiger partial charge in [-0.1, -0.05) is 17.7 Å². The smallest absolute Gasteiger partial charge is 0.399 e. The van der Waals surface area contributed by atoms with Gasteiger partial charge >= 0.3 is 6.18 Å². The third-order valence-corrected chi connectivity index (χ3v) is 3.24. The van der Waals surface area contributed by atoms with Crippen molar-refractivity contribution in [1.29, 1.82) is 0 Å². The third kappa shape index (κ3) is 2.44. The molecule has 21 heavy (non-hydrogen) atoms. The number of alkyl halides is 3. The number of hydrogen-bond acceptors (Lipinski definition) is 2. The Kier molecular flexibility index (Phi) is 2.90. The molecule has 3 rings (SSSR count). The van der Waals surface area contributed by atoms with E-state index in [0.717, 1.165) is 6.07 Å². The Hall–Kier alpha value is -2.50. The topological polar surface area (TPSA) is 54.7 Å². The molecule has 0 aliphatic heterocycles. The van der Waals surface area contributed by atoms with Crippen LogP contribution < -0.4 is 5.73 Å². The number of nitrogen functional groups attached to an aromatic ring is 1. The van der Waals surface area contributed by atoms with Crippen LogP contribution in [0.2, 0.25) is 0 Å². The molecule has 0 fully saturated rings. The lowest BCUT2D eigenvalue weighted by Gasteiger charge is -2.12. The Bertz CT molecular complexity index is 819. The molecule has 0 saturated heterocycles. The maximum Gasteiger partial charge on any atom is 0.417 e. The van der Waals surface area contributed by atoms with E-state index >= 15 is 0 Å². The zero-order chi connectivity index (χ0) is 15.2.